The molecule has 0 spiro atoms. The Morgan fingerprint density at radius 2 is 2.25 bits per heavy atom. The number of hydrogen-bond donors (Lipinski definition) is 1. The minimum Gasteiger partial charge on any atom is -0.334 e. The third kappa shape index (κ3) is 2.22. The molecule has 1 fully saturated rings. The van der Waals surface area contributed by atoms with Gasteiger partial charge in [-0.15, -0.1) is 0 Å². The Kier molecular flexibility index (Phi) is 3.81. The van der Waals surface area contributed by atoms with E-state index in [1.54, 1.807) is 0 Å². The van der Waals surface area contributed by atoms with Gasteiger partial charge < -0.3 is 10.6 Å². The molecule has 0 bridgehead atoms. The number of halogens is 1. The van der Waals surface area contributed by atoms with Crippen LogP contribution < -0.4 is 5.73 Å². The van der Waals surface area contributed by atoms with Gasteiger partial charge in [-0.1, -0.05) is 12.1 Å². The summed E-state index contributed by atoms with van der Waals surface area (Å²) in [4.78, 5) is 14.2. The average molecular weight is 330 g/mol. The molecule has 1 atom stereocenters. The summed E-state index contributed by atoms with van der Waals surface area (Å²) in [6.45, 7) is 1.40. The molecule has 3 nitrogen and oxygen atoms in total. The molecule has 1 unspecified atom stereocenters. The topological polar surface area (TPSA) is 46.3 Å². The molecule has 0 aromatic heterocycles. The number of amides is 1. The van der Waals surface area contributed by atoms with Gasteiger partial charge in [0.15, 0.2) is 0 Å². The molecular formula is C12H15IN2O. The number of nitrogens with zero attached hydrogens (tertiary/aromatic N) is 1. The maximum absolute atomic E-state index is 12.3. The largest absolute Gasteiger partial charge is 0.334 e. The van der Waals surface area contributed by atoms with E-state index in [1.165, 1.54) is 0 Å². The van der Waals surface area contributed by atoms with Gasteiger partial charge in [0.25, 0.3) is 5.91 Å². The lowest BCUT2D eigenvalue weighted by molar-refractivity contribution is 0.0740. The first-order valence-corrected chi connectivity index (χ1v) is 6.57. The van der Waals surface area contributed by atoms with Gasteiger partial charge in [-0.2, -0.15) is 0 Å². The fourth-order valence-electron chi connectivity index (χ4n) is 2.14. The van der Waals surface area contributed by atoms with E-state index < -0.39 is 0 Å². The second-order valence-corrected chi connectivity index (χ2v) is 5.17. The van der Waals surface area contributed by atoms with Crippen molar-refractivity contribution in [2.24, 2.45) is 5.73 Å². The summed E-state index contributed by atoms with van der Waals surface area (Å²) in [5, 5.41) is 0. The molecule has 1 aliphatic rings. The highest BCUT2D eigenvalue weighted by molar-refractivity contribution is 14.1. The Morgan fingerprint density at radius 3 is 2.94 bits per heavy atom. The second-order valence-electron chi connectivity index (χ2n) is 4.01. The predicted octanol–water partition coefficient (Wildman–Crippen LogP) is 1.85. The van der Waals surface area contributed by atoms with Crippen molar-refractivity contribution in [3.63, 3.8) is 0 Å². The number of nitrogens with two attached hydrogens (primary N) is 1. The smallest absolute Gasteiger partial charge is 0.255 e. The molecule has 4 heteroatoms. The quantitative estimate of drug-likeness (QED) is 0.842. The summed E-state index contributed by atoms with van der Waals surface area (Å²) in [5.41, 5.74) is 6.48. The van der Waals surface area contributed by atoms with Crippen molar-refractivity contribution >= 4 is 28.5 Å². The van der Waals surface area contributed by atoms with E-state index in [4.69, 9.17) is 5.73 Å². The minimum atomic E-state index is 0.123. The first kappa shape index (κ1) is 11.9. The zero-order valence-electron chi connectivity index (χ0n) is 9.03. The highest BCUT2D eigenvalue weighted by atomic mass is 127. The Morgan fingerprint density at radius 1 is 1.50 bits per heavy atom. The fraction of sp³-hybridized carbons (Fsp3) is 0.417. The standard InChI is InChI=1S/C12H15IN2O/c13-11-6-2-1-5-10(11)12(16)15-7-3-4-9(15)8-14/h1-2,5-6,9H,3-4,7-8,14H2. The third-order valence-corrected chi connectivity index (χ3v) is 3.96. The van der Waals surface area contributed by atoms with Crippen molar-refractivity contribution in [2.45, 2.75) is 18.9 Å². The third-order valence-electron chi connectivity index (χ3n) is 3.01. The summed E-state index contributed by atoms with van der Waals surface area (Å²) in [6, 6.07) is 7.92. The van der Waals surface area contributed by atoms with Crippen molar-refractivity contribution in [3.05, 3.63) is 33.4 Å². The first-order valence-electron chi connectivity index (χ1n) is 5.49. The first-order chi connectivity index (χ1) is 7.74. The van der Waals surface area contributed by atoms with Gasteiger partial charge in [-0.05, 0) is 47.6 Å². The molecule has 0 radical (unpaired) electrons. The van der Waals surface area contributed by atoms with Crippen LogP contribution in [0, 0.1) is 3.57 Å². The van der Waals surface area contributed by atoms with Crippen LogP contribution in [-0.4, -0.2) is 29.9 Å². The summed E-state index contributed by atoms with van der Waals surface area (Å²) in [5.74, 6) is 0.123. The molecule has 1 aliphatic heterocycles. The molecule has 0 saturated carbocycles. The Hall–Kier alpha value is -0.620. The maximum atomic E-state index is 12.3. The number of rotatable bonds is 2. The molecule has 1 aromatic carbocycles. The fourth-order valence-corrected chi connectivity index (χ4v) is 2.76. The van der Waals surface area contributed by atoms with Gasteiger partial charge in [-0.25, -0.2) is 0 Å². The van der Waals surface area contributed by atoms with E-state index in [-0.39, 0.29) is 11.9 Å². The lowest BCUT2D eigenvalue weighted by Crippen LogP contribution is -2.40. The highest BCUT2D eigenvalue weighted by Gasteiger charge is 2.28. The number of benzene rings is 1. The van der Waals surface area contributed by atoms with Crippen molar-refractivity contribution in [1.82, 2.24) is 4.90 Å². The molecular weight excluding hydrogens is 315 g/mol. The lowest BCUT2D eigenvalue weighted by Gasteiger charge is -2.23. The van der Waals surface area contributed by atoms with E-state index in [2.05, 4.69) is 22.6 Å². The molecule has 1 aromatic rings. The van der Waals surface area contributed by atoms with E-state index in [1.807, 2.05) is 29.2 Å². The van der Waals surface area contributed by atoms with Crippen LogP contribution in [0.25, 0.3) is 0 Å². The number of carbonyl (C=O) groups is 1. The second kappa shape index (κ2) is 5.14. The van der Waals surface area contributed by atoms with Crippen LogP contribution >= 0.6 is 22.6 Å². The lowest BCUT2D eigenvalue weighted by atomic mass is 10.1. The van der Waals surface area contributed by atoms with Crippen molar-refractivity contribution in [2.75, 3.05) is 13.1 Å². The average Bonchev–Trinajstić information content (AvgIpc) is 2.77. The van der Waals surface area contributed by atoms with Gasteiger partial charge in [0, 0.05) is 22.7 Å². The number of likely N-dealkylation sites (tertiary alicyclic amines) is 1. The van der Waals surface area contributed by atoms with Crippen molar-refractivity contribution in [3.8, 4) is 0 Å². The Bertz CT molecular complexity index is 394. The minimum absolute atomic E-state index is 0.123. The van der Waals surface area contributed by atoms with E-state index >= 15 is 0 Å². The summed E-state index contributed by atoms with van der Waals surface area (Å²) >= 11 is 2.20. The van der Waals surface area contributed by atoms with Crippen LogP contribution in [-0.2, 0) is 0 Å². The summed E-state index contributed by atoms with van der Waals surface area (Å²) in [6.07, 6.45) is 2.10. The Balaban J connectivity index is 2.22. The molecule has 86 valence electrons. The molecule has 1 saturated heterocycles. The Labute approximate surface area is 109 Å². The van der Waals surface area contributed by atoms with Gasteiger partial charge in [0.05, 0.1) is 5.56 Å². The zero-order valence-corrected chi connectivity index (χ0v) is 11.2. The highest BCUT2D eigenvalue weighted by Crippen LogP contribution is 2.21. The van der Waals surface area contributed by atoms with Crippen LogP contribution in [0.3, 0.4) is 0 Å². The summed E-state index contributed by atoms with van der Waals surface area (Å²) < 4.78 is 1.01. The number of carbonyl (C=O) groups excluding carboxylic acids is 1. The van der Waals surface area contributed by atoms with Crippen LogP contribution in [0.1, 0.15) is 23.2 Å². The van der Waals surface area contributed by atoms with E-state index in [0.717, 1.165) is 28.5 Å². The van der Waals surface area contributed by atoms with Crippen LogP contribution in [0.15, 0.2) is 24.3 Å². The van der Waals surface area contributed by atoms with Gasteiger partial charge in [0.2, 0.25) is 0 Å². The van der Waals surface area contributed by atoms with E-state index in [9.17, 15) is 4.79 Å². The number of hydrogen-bond acceptors (Lipinski definition) is 2. The van der Waals surface area contributed by atoms with Crippen LogP contribution in [0.4, 0.5) is 0 Å². The van der Waals surface area contributed by atoms with Crippen LogP contribution in [0.5, 0.6) is 0 Å². The molecule has 2 rings (SSSR count). The molecule has 1 amide bonds. The molecule has 16 heavy (non-hydrogen) atoms. The molecule has 2 N–H and O–H groups in total. The zero-order chi connectivity index (χ0) is 11.5. The van der Waals surface area contributed by atoms with E-state index in [0.29, 0.717) is 6.54 Å². The van der Waals surface area contributed by atoms with Gasteiger partial charge in [-0.3, -0.25) is 4.79 Å². The molecule has 0 aliphatic carbocycles. The summed E-state index contributed by atoms with van der Waals surface area (Å²) in [7, 11) is 0. The molecule has 1 heterocycles. The van der Waals surface area contributed by atoms with Gasteiger partial charge >= 0.3 is 0 Å². The van der Waals surface area contributed by atoms with Gasteiger partial charge in [0.1, 0.15) is 0 Å². The van der Waals surface area contributed by atoms with Crippen LogP contribution in [0.2, 0.25) is 0 Å². The maximum Gasteiger partial charge on any atom is 0.255 e. The predicted molar refractivity (Wildman–Crippen MR) is 72.3 cm³/mol. The van der Waals surface area contributed by atoms with Crippen molar-refractivity contribution < 1.29 is 4.79 Å². The van der Waals surface area contributed by atoms with Crippen molar-refractivity contribution in [1.29, 1.82) is 0 Å². The normalized spacial score (nSPS) is 20.1. The monoisotopic (exact) mass is 330 g/mol. The SMILES string of the molecule is NCC1CCCN1C(=O)c1ccccc1I.